The average Bonchev–Trinajstić information content (AvgIpc) is 2.38. The average molecular weight is 273 g/mol. The molecule has 0 aromatic carbocycles. The van der Waals surface area contributed by atoms with Gasteiger partial charge >= 0.3 is 0 Å². The highest BCUT2D eigenvalue weighted by Crippen LogP contribution is 2.38. The first-order valence-corrected chi connectivity index (χ1v) is 7.59. The van der Waals surface area contributed by atoms with E-state index in [1.165, 1.54) is 6.42 Å². The molecule has 0 spiro atoms. The number of carbonyl (C=O) groups excluding carboxylic acids is 1. The number of nitrogens with zero attached hydrogens (tertiary/aromatic N) is 1. The zero-order valence-electron chi connectivity index (χ0n) is 12.0. The van der Waals surface area contributed by atoms with E-state index in [-0.39, 0.29) is 24.7 Å². The fourth-order valence-corrected chi connectivity index (χ4v) is 3.45. The van der Waals surface area contributed by atoms with E-state index in [2.05, 4.69) is 13.8 Å². The number of carbonyl (C=O) groups is 1. The molecule has 2 aliphatic rings. The van der Waals surface area contributed by atoms with E-state index in [0.717, 1.165) is 19.4 Å². The summed E-state index contributed by atoms with van der Waals surface area (Å²) < 4.78 is 26.3. The van der Waals surface area contributed by atoms with Gasteiger partial charge in [0, 0.05) is 31.3 Å². The summed E-state index contributed by atoms with van der Waals surface area (Å²) in [6.45, 7) is 5.10. The van der Waals surface area contributed by atoms with Crippen molar-refractivity contribution in [3.63, 3.8) is 0 Å². The van der Waals surface area contributed by atoms with Gasteiger partial charge < -0.3 is 4.90 Å². The number of likely N-dealkylation sites (tertiary alicyclic amines) is 1. The molecule has 1 saturated heterocycles. The lowest BCUT2D eigenvalue weighted by molar-refractivity contribution is -0.144. The van der Waals surface area contributed by atoms with Crippen molar-refractivity contribution in [3.05, 3.63) is 0 Å². The van der Waals surface area contributed by atoms with Crippen LogP contribution in [0.2, 0.25) is 0 Å². The Morgan fingerprint density at radius 2 is 1.79 bits per heavy atom. The quantitative estimate of drug-likeness (QED) is 0.748. The van der Waals surface area contributed by atoms with Crippen LogP contribution >= 0.6 is 0 Å². The maximum atomic E-state index is 13.2. The number of alkyl halides is 2. The Morgan fingerprint density at radius 1 is 1.16 bits per heavy atom. The molecular formula is C15H25F2NO. The van der Waals surface area contributed by atoms with Crippen molar-refractivity contribution in [3.8, 4) is 0 Å². The number of rotatable bonds is 2. The first-order valence-electron chi connectivity index (χ1n) is 7.59. The molecule has 0 bridgehead atoms. The summed E-state index contributed by atoms with van der Waals surface area (Å²) in [6.07, 6.45) is 3.76. The van der Waals surface area contributed by atoms with Crippen LogP contribution in [0.3, 0.4) is 0 Å². The second-order valence-corrected chi connectivity index (χ2v) is 6.47. The van der Waals surface area contributed by atoms with E-state index >= 15 is 0 Å². The van der Waals surface area contributed by atoms with Crippen LogP contribution in [-0.2, 0) is 4.79 Å². The van der Waals surface area contributed by atoms with Gasteiger partial charge in [-0.15, -0.1) is 0 Å². The first-order chi connectivity index (χ1) is 8.91. The van der Waals surface area contributed by atoms with E-state index in [1.807, 2.05) is 4.90 Å². The van der Waals surface area contributed by atoms with E-state index in [0.29, 0.717) is 24.8 Å². The zero-order chi connectivity index (χ0) is 14.0. The zero-order valence-corrected chi connectivity index (χ0v) is 12.0. The molecule has 0 aromatic heterocycles. The van der Waals surface area contributed by atoms with E-state index in [4.69, 9.17) is 0 Å². The molecule has 2 nitrogen and oxygen atoms in total. The van der Waals surface area contributed by atoms with Gasteiger partial charge in [-0.25, -0.2) is 8.78 Å². The maximum Gasteiger partial charge on any atom is 0.248 e. The van der Waals surface area contributed by atoms with Gasteiger partial charge in [0.15, 0.2) is 0 Å². The van der Waals surface area contributed by atoms with Crippen molar-refractivity contribution in [1.82, 2.24) is 4.90 Å². The lowest BCUT2D eigenvalue weighted by Crippen LogP contribution is -2.49. The molecule has 1 amide bonds. The topological polar surface area (TPSA) is 20.3 Å². The van der Waals surface area contributed by atoms with Crippen molar-refractivity contribution in [2.24, 2.45) is 11.8 Å². The molecule has 1 atom stereocenters. The Kier molecular flexibility index (Phi) is 4.46. The monoisotopic (exact) mass is 273 g/mol. The molecule has 1 aliphatic carbocycles. The van der Waals surface area contributed by atoms with Crippen LogP contribution in [-0.4, -0.2) is 29.3 Å². The minimum Gasteiger partial charge on any atom is -0.339 e. The molecule has 4 heteroatoms. The molecule has 2 fully saturated rings. The molecule has 1 unspecified atom stereocenters. The summed E-state index contributed by atoms with van der Waals surface area (Å²) in [4.78, 5) is 14.5. The molecule has 0 aromatic rings. The summed E-state index contributed by atoms with van der Waals surface area (Å²) in [5, 5.41) is 0. The summed E-state index contributed by atoms with van der Waals surface area (Å²) in [5.41, 5.74) is 0. The van der Waals surface area contributed by atoms with Crippen LogP contribution in [0.4, 0.5) is 8.78 Å². The van der Waals surface area contributed by atoms with Gasteiger partial charge in [-0.3, -0.25) is 4.79 Å². The second kappa shape index (κ2) is 5.76. The Morgan fingerprint density at radius 3 is 2.37 bits per heavy atom. The largest absolute Gasteiger partial charge is 0.339 e. The first kappa shape index (κ1) is 14.7. The second-order valence-electron chi connectivity index (χ2n) is 6.47. The molecule has 0 radical (unpaired) electrons. The minimum absolute atomic E-state index is 0.121. The SMILES string of the molecule is CC(C)C1CCCCN1C(=O)C1CCC(F)(F)CC1. The molecular weight excluding hydrogens is 248 g/mol. The number of piperidine rings is 1. The fourth-order valence-electron chi connectivity index (χ4n) is 3.45. The third-order valence-electron chi connectivity index (χ3n) is 4.67. The normalized spacial score (nSPS) is 28.7. The van der Waals surface area contributed by atoms with Crippen molar-refractivity contribution in [2.45, 2.75) is 70.8 Å². The van der Waals surface area contributed by atoms with Crippen LogP contribution in [0.25, 0.3) is 0 Å². The van der Waals surface area contributed by atoms with Crippen molar-refractivity contribution >= 4 is 5.91 Å². The highest BCUT2D eigenvalue weighted by molar-refractivity contribution is 5.79. The van der Waals surface area contributed by atoms with Gasteiger partial charge in [0.1, 0.15) is 0 Å². The molecule has 2 rings (SSSR count). The standard InChI is InChI=1S/C15H25F2NO/c1-11(2)13-5-3-4-10-18(13)14(19)12-6-8-15(16,17)9-7-12/h11-13H,3-10H2,1-2H3. The number of halogens is 2. The molecule has 0 N–H and O–H groups in total. The van der Waals surface area contributed by atoms with Gasteiger partial charge in [-0.1, -0.05) is 13.8 Å². The van der Waals surface area contributed by atoms with Crippen LogP contribution in [0, 0.1) is 11.8 Å². The van der Waals surface area contributed by atoms with Gasteiger partial charge in [-0.05, 0) is 38.0 Å². The predicted octanol–water partition coefficient (Wildman–Crippen LogP) is 3.85. The van der Waals surface area contributed by atoms with Crippen LogP contribution < -0.4 is 0 Å². The number of hydrogen-bond acceptors (Lipinski definition) is 1. The Hall–Kier alpha value is -0.670. The Bertz CT molecular complexity index is 320. The van der Waals surface area contributed by atoms with Crippen LogP contribution in [0.5, 0.6) is 0 Å². The number of hydrogen-bond donors (Lipinski definition) is 0. The van der Waals surface area contributed by atoms with E-state index in [1.54, 1.807) is 0 Å². The van der Waals surface area contributed by atoms with Crippen LogP contribution in [0.15, 0.2) is 0 Å². The third-order valence-corrected chi connectivity index (χ3v) is 4.67. The lowest BCUT2D eigenvalue weighted by Gasteiger charge is -2.41. The van der Waals surface area contributed by atoms with Gasteiger partial charge in [0.25, 0.3) is 0 Å². The number of amides is 1. The fraction of sp³-hybridized carbons (Fsp3) is 0.933. The highest BCUT2D eigenvalue weighted by Gasteiger charge is 2.40. The minimum atomic E-state index is -2.55. The smallest absolute Gasteiger partial charge is 0.248 e. The summed E-state index contributed by atoms with van der Waals surface area (Å²) in [6, 6.07) is 0.309. The Balaban J connectivity index is 1.98. The molecule has 1 saturated carbocycles. The highest BCUT2D eigenvalue weighted by atomic mass is 19.3. The summed E-state index contributed by atoms with van der Waals surface area (Å²) in [5.74, 6) is -2.13. The lowest BCUT2D eigenvalue weighted by atomic mass is 9.84. The Labute approximate surface area is 114 Å². The van der Waals surface area contributed by atoms with Crippen molar-refractivity contribution < 1.29 is 13.6 Å². The van der Waals surface area contributed by atoms with Crippen molar-refractivity contribution in [1.29, 1.82) is 0 Å². The molecule has 19 heavy (non-hydrogen) atoms. The van der Waals surface area contributed by atoms with Gasteiger partial charge in [-0.2, -0.15) is 0 Å². The summed E-state index contributed by atoms with van der Waals surface area (Å²) in [7, 11) is 0. The third kappa shape index (κ3) is 3.46. The van der Waals surface area contributed by atoms with Gasteiger partial charge in [0.2, 0.25) is 11.8 Å². The predicted molar refractivity (Wildman–Crippen MR) is 71.1 cm³/mol. The molecule has 1 aliphatic heterocycles. The van der Waals surface area contributed by atoms with E-state index < -0.39 is 5.92 Å². The van der Waals surface area contributed by atoms with E-state index in [9.17, 15) is 13.6 Å². The van der Waals surface area contributed by atoms with Crippen LogP contribution in [0.1, 0.15) is 58.8 Å². The molecule has 1 heterocycles. The summed E-state index contributed by atoms with van der Waals surface area (Å²) >= 11 is 0. The maximum absolute atomic E-state index is 13.2. The van der Waals surface area contributed by atoms with Crippen molar-refractivity contribution in [2.75, 3.05) is 6.54 Å². The van der Waals surface area contributed by atoms with Gasteiger partial charge in [0.05, 0.1) is 0 Å². The molecule has 110 valence electrons.